The van der Waals surface area contributed by atoms with Crippen LogP contribution in [-0.4, -0.2) is 11.2 Å². The molecular formula is C11H14N2. The highest BCUT2D eigenvalue weighted by Crippen LogP contribution is 2.22. The van der Waals surface area contributed by atoms with Gasteiger partial charge in [0.1, 0.15) is 0 Å². The van der Waals surface area contributed by atoms with Gasteiger partial charge in [0.05, 0.1) is 11.4 Å². The maximum absolute atomic E-state index is 4.29. The van der Waals surface area contributed by atoms with Crippen LogP contribution in [0.3, 0.4) is 0 Å². The summed E-state index contributed by atoms with van der Waals surface area (Å²) >= 11 is 0. The van der Waals surface area contributed by atoms with Gasteiger partial charge in [-0.15, -0.1) is 0 Å². The van der Waals surface area contributed by atoms with E-state index in [-0.39, 0.29) is 0 Å². The molecule has 1 rings (SSSR count). The highest BCUT2D eigenvalue weighted by Gasteiger charge is 2.00. The number of pyridine rings is 1. The Kier molecular flexibility index (Phi) is 3.38. The Morgan fingerprint density at radius 1 is 1.38 bits per heavy atom. The number of rotatable bonds is 2. The molecule has 0 fully saturated rings. The van der Waals surface area contributed by atoms with Gasteiger partial charge < -0.3 is 0 Å². The molecule has 0 aliphatic carbocycles. The van der Waals surface area contributed by atoms with Gasteiger partial charge >= 0.3 is 0 Å². The van der Waals surface area contributed by atoms with E-state index in [1.54, 1.807) is 12.4 Å². The highest BCUT2D eigenvalue weighted by atomic mass is 14.8. The van der Waals surface area contributed by atoms with Crippen molar-refractivity contribution in [1.82, 2.24) is 4.98 Å². The van der Waals surface area contributed by atoms with E-state index in [4.69, 9.17) is 0 Å². The van der Waals surface area contributed by atoms with Crippen LogP contribution in [0.5, 0.6) is 0 Å². The van der Waals surface area contributed by atoms with Crippen LogP contribution in [0.1, 0.15) is 25.1 Å². The average Bonchev–Trinajstić information content (AvgIpc) is 2.11. The molecule has 1 aromatic heterocycles. The van der Waals surface area contributed by atoms with E-state index in [9.17, 15) is 0 Å². The summed E-state index contributed by atoms with van der Waals surface area (Å²) in [6, 6.07) is 1.97. The Morgan fingerprint density at radius 3 is 2.77 bits per heavy atom. The minimum absolute atomic E-state index is 0.961. The van der Waals surface area contributed by atoms with Crippen molar-refractivity contribution >= 4 is 18.0 Å². The van der Waals surface area contributed by atoms with Crippen molar-refractivity contribution in [3.05, 3.63) is 29.6 Å². The summed E-state index contributed by atoms with van der Waals surface area (Å²) in [5, 5.41) is 0. The van der Waals surface area contributed by atoms with Crippen LogP contribution < -0.4 is 0 Å². The monoisotopic (exact) mass is 174 g/mol. The van der Waals surface area contributed by atoms with Crippen molar-refractivity contribution < 1.29 is 0 Å². The summed E-state index contributed by atoms with van der Waals surface area (Å²) in [7, 11) is 0. The van der Waals surface area contributed by atoms with Crippen molar-refractivity contribution in [2.75, 3.05) is 0 Å². The van der Waals surface area contributed by atoms with Crippen molar-refractivity contribution in [2.24, 2.45) is 4.99 Å². The molecule has 2 nitrogen and oxygen atoms in total. The largest absolute Gasteiger partial charge is 0.259 e. The lowest BCUT2D eigenvalue weighted by Crippen LogP contribution is -1.84. The molecule has 0 spiro atoms. The zero-order chi connectivity index (χ0) is 9.68. The zero-order valence-corrected chi connectivity index (χ0v) is 8.28. The first-order chi connectivity index (χ1) is 6.29. The van der Waals surface area contributed by atoms with Crippen LogP contribution in [0, 0.1) is 6.92 Å². The van der Waals surface area contributed by atoms with E-state index in [1.165, 1.54) is 0 Å². The average molecular weight is 174 g/mol. The first-order valence-corrected chi connectivity index (χ1v) is 4.36. The topological polar surface area (TPSA) is 25.2 Å². The summed E-state index contributed by atoms with van der Waals surface area (Å²) in [6.07, 6.45) is 7.64. The standard InChI is InChI=1S/C11H14N2/c1-4-6-10-7-8-13-9(3)11(10)12-5-2/h4-8H,1-3H3/b6-4-,12-5-. The minimum Gasteiger partial charge on any atom is -0.259 e. The third-order valence-electron chi connectivity index (χ3n) is 1.74. The summed E-state index contributed by atoms with van der Waals surface area (Å²) in [5.74, 6) is 0. The fraction of sp³-hybridized carbons (Fsp3) is 0.273. The van der Waals surface area contributed by atoms with Crippen molar-refractivity contribution in [3.63, 3.8) is 0 Å². The first-order valence-electron chi connectivity index (χ1n) is 4.36. The molecule has 0 bridgehead atoms. The van der Waals surface area contributed by atoms with Gasteiger partial charge in [0.15, 0.2) is 0 Å². The smallest absolute Gasteiger partial charge is 0.0910 e. The molecule has 0 N–H and O–H groups in total. The van der Waals surface area contributed by atoms with Gasteiger partial charge in [0.2, 0.25) is 0 Å². The molecule has 0 atom stereocenters. The molecule has 0 unspecified atom stereocenters. The van der Waals surface area contributed by atoms with Crippen LogP contribution in [0.25, 0.3) is 6.08 Å². The van der Waals surface area contributed by atoms with Gasteiger partial charge in [0.25, 0.3) is 0 Å². The van der Waals surface area contributed by atoms with Gasteiger partial charge in [0, 0.05) is 18.0 Å². The van der Waals surface area contributed by atoms with Crippen LogP contribution in [0.4, 0.5) is 5.69 Å². The molecule has 0 amide bonds. The van der Waals surface area contributed by atoms with E-state index < -0.39 is 0 Å². The minimum atomic E-state index is 0.961. The van der Waals surface area contributed by atoms with Crippen LogP contribution in [0.2, 0.25) is 0 Å². The van der Waals surface area contributed by atoms with E-state index in [0.717, 1.165) is 16.9 Å². The van der Waals surface area contributed by atoms with Crippen LogP contribution >= 0.6 is 0 Å². The van der Waals surface area contributed by atoms with Gasteiger partial charge in [-0.1, -0.05) is 12.2 Å². The predicted octanol–water partition coefficient (Wildman–Crippen LogP) is 3.15. The van der Waals surface area contributed by atoms with Crippen molar-refractivity contribution in [2.45, 2.75) is 20.8 Å². The number of hydrogen-bond acceptors (Lipinski definition) is 2. The van der Waals surface area contributed by atoms with Crippen molar-refractivity contribution in [1.29, 1.82) is 0 Å². The van der Waals surface area contributed by atoms with Gasteiger partial charge in [-0.2, -0.15) is 0 Å². The first kappa shape index (κ1) is 9.65. The molecular weight excluding hydrogens is 160 g/mol. The Morgan fingerprint density at radius 2 is 2.15 bits per heavy atom. The third kappa shape index (κ3) is 2.25. The molecule has 0 aromatic carbocycles. The number of nitrogens with zero attached hydrogens (tertiary/aromatic N) is 2. The molecule has 0 aliphatic rings. The van der Waals surface area contributed by atoms with Gasteiger partial charge in [-0.3, -0.25) is 9.98 Å². The lowest BCUT2D eigenvalue weighted by molar-refractivity contribution is 1.18. The molecule has 1 heterocycles. The molecule has 0 aliphatic heterocycles. The maximum Gasteiger partial charge on any atom is 0.0910 e. The quantitative estimate of drug-likeness (QED) is 0.632. The second kappa shape index (κ2) is 4.55. The molecule has 0 radical (unpaired) electrons. The summed E-state index contributed by atoms with van der Waals surface area (Å²) in [4.78, 5) is 8.48. The number of aliphatic imine (C=N–C) groups is 1. The molecule has 0 saturated heterocycles. The van der Waals surface area contributed by atoms with E-state index >= 15 is 0 Å². The van der Waals surface area contributed by atoms with Crippen LogP contribution in [0.15, 0.2) is 23.3 Å². The lowest BCUT2D eigenvalue weighted by Gasteiger charge is -2.02. The zero-order valence-electron chi connectivity index (χ0n) is 8.28. The maximum atomic E-state index is 4.29. The Bertz CT molecular complexity index is 338. The number of allylic oxidation sites excluding steroid dienone is 1. The molecule has 68 valence electrons. The molecule has 0 saturated carbocycles. The molecule has 1 aromatic rings. The van der Waals surface area contributed by atoms with Crippen molar-refractivity contribution in [3.8, 4) is 0 Å². The highest BCUT2D eigenvalue weighted by molar-refractivity contribution is 5.70. The predicted molar refractivity (Wildman–Crippen MR) is 57.5 cm³/mol. The Hall–Kier alpha value is -1.44. The second-order valence-electron chi connectivity index (χ2n) is 2.72. The van der Waals surface area contributed by atoms with E-state index in [2.05, 4.69) is 9.98 Å². The SMILES string of the molecule is C/C=C\c1ccnc(C)c1/N=C\C. The van der Waals surface area contributed by atoms with Gasteiger partial charge in [-0.05, 0) is 26.8 Å². The van der Waals surface area contributed by atoms with E-state index in [0.29, 0.717) is 0 Å². The Balaban J connectivity index is 3.25. The van der Waals surface area contributed by atoms with E-state index in [1.807, 2.05) is 39.0 Å². The molecule has 13 heavy (non-hydrogen) atoms. The summed E-state index contributed by atoms with van der Waals surface area (Å²) < 4.78 is 0. The van der Waals surface area contributed by atoms with Gasteiger partial charge in [-0.25, -0.2) is 0 Å². The lowest BCUT2D eigenvalue weighted by atomic mass is 10.1. The third-order valence-corrected chi connectivity index (χ3v) is 1.74. The molecule has 2 heteroatoms. The summed E-state index contributed by atoms with van der Waals surface area (Å²) in [5.41, 5.74) is 3.05. The number of aryl methyl sites for hydroxylation is 1. The number of hydrogen-bond donors (Lipinski definition) is 0. The summed E-state index contributed by atoms with van der Waals surface area (Å²) in [6.45, 7) is 5.87. The van der Waals surface area contributed by atoms with Crippen LogP contribution in [-0.2, 0) is 0 Å². The normalized spacial score (nSPS) is 11.6. The fourth-order valence-electron chi connectivity index (χ4n) is 1.19. The Labute approximate surface area is 79.0 Å². The number of aromatic nitrogens is 1. The second-order valence-corrected chi connectivity index (χ2v) is 2.72. The fourth-order valence-corrected chi connectivity index (χ4v) is 1.19.